The van der Waals surface area contributed by atoms with Crippen molar-refractivity contribution in [2.75, 3.05) is 19.8 Å². The normalized spacial score (nSPS) is 27.1. The smallest absolute Gasteiger partial charge is 0.246 e. The van der Waals surface area contributed by atoms with Crippen molar-refractivity contribution in [2.45, 2.75) is 59.0 Å². The van der Waals surface area contributed by atoms with Gasteiger partial charge in [0.15, 0.2) is 0 Å². The van der Waals surface area contributed by atoms with Crippen molar-refractivity contribution in [2.24, 2.45) is 5.92 Å². The van der Waals surface area contributed by atoms with Crippen LogP contribution in [0.4, 0.5) is 0 Å². The topological polar surface area (TPSA) is 58.6 Å². The average Bonchev–Trinajstić information content (AvgIpc) is 2.41. The molecule has 0 radical (unpaired) electrons. The standard InChI is InChI=1S/C15H28N2O3/c1-6-9-20-10-8-17-13(18)12(11(3)4)16-14(19)15(17,5)7-2/h11-12H,6-10H2,1-5H3,(H,16,19). The number of amides is 2. The van der Waals surface area contributed by atoms with E-state index in [2.05, 4.69) is 5.32 Å². The van der Waals surface area contributed by atoms with E-state index in [1.165, 1.54) is 0 Å². The first-order valence-electron chi connectivity index (χ1n) is 7.58. The summed E-state index contributed by atoms with van der Waals surface area (Å²) in [6.45, 7) is 11.3. The molecule has 0 spiro atoms. The van der Waals surface area contributed by atoms with Gasteiger partial charge in [0, 0.05) is 13.2 Å². The number of rotatable bonds is 7. The summed E-state index contributed by atoms with van der Waals surface area (Å²) in [5.41, 5.74) is -0.766. The summed E-state index contributed by atoms with van der Waals surface area (Å²) in [6, 6.07) is -0.423. The van der Waals surface area contributed by atoms with E-state index < -0.39 is 11.6 Å². The van der Waals surface area contributed by atoms with Crippen LogP contribution in [0.2, 0.25) is 0 Å². The van der Waals surface area contributed by atoms with Crippen molar-refractivity contribution in [3.63, 3.8) is 0 Å². The lowest BCUT2D eigenvalue weighted by molar-refractivity contribution is -0.159. The minimum Gasteiger partial charge on any atom is -0.380 e. The van der Waals surface area contributed by atoms with Crippen molar-refractivity contribution in [3.8, 4) is 0 Å². The Morgan fingerprint density at radius 1 is 1.30 bits per heavy atom. The summed E-state index contributed by atoms with van der Waals surface area (Å²) in [6.07, 6.45) is 1.55. The molecule has 1 rings (SSSR count). The molecule has 1 saturated heterocycles. The van der Waals surface area contributed by atoms with Crippen LogP contribution in [0, 0.1) is 5.92 Å². The van der Waals surface area contributed by atoms with Gasteiger partial charge in [-0.3, -0.25) is 9.59 Å². The molecule has 0 aliphatic carbocycles. The zero-order chi connectivity index (χ0) is 15.3. The summed E-state index contributed by atoms with van der Waals surface area (Å²) in [4.78, 5) is 26.7. The quantitative estimate of drug-likeness (QED) is 0.722. The third-order valence-corrected chi connectivity index (χ3v) is 4.07. The molecule has 1 fully saturated rings. The minimum absolute atomic E-state index is 0.00375. The molecule has 1 aliphatic heterocycles. The first kappa shape index (κ1) is 17.0. The van der Waals surface area contributed by atoms with Gasteiger partial charge in [-0.15, -0.1) is 0 Å². The first-order valence-corrected chi connectivity index (χ1v) is 7.58. The van der Waals surface area contributed by atoms with Crippen LogP contribution >= 0.6 is 0 Å². The Hall–Kier alpha value is -1.10. The maximum atomic E-state index is 12.6. The second kappa shape index (κ2) is 7.07. The molecule has 0 bridgehead atoms. The Labute approximate surface area is 122 Å². The highest BCUT2D eigenvalue weighted by molar-refractivity contribution is 5.99. The van der Waals surface area contributed by atoms with E-state index in [9.17, 15) is 9.59 Å². The van der Waals surface area contributed by atoms with Crippen LogP contribution in [0.1, 0.15) is 47.5 Å². The minimum atomic E-state index is -0.766. The van der Waals surface area contributed by atoms with Gasteiger partial charge in [0.1, 0.15) is 11.6 Å². The number of hydrogen-bond donors (Lipinski definition) is 1. The van der Waals surface area contributed by atoms with Crippen LogP contribution in [0.3, 0.4) is 0 Å². The third kappa shape index (κ3) is 3.32. The predicted molar refractivity (Wildman–Crippen MR) is 78.3 cm³/mol. The van der Waals surface area contributed by atoms with Crippen LogP contribution in [0.25, 0.3) is 0 Å². The van der Waals surface area contributed by atoms with Crippen molar-refractivity contribution in [1.29, 1.82) is 0 Å². The van der Waals surface area contributed by atoms with Gasteiger partial charge in [0.05, 0.1) is 6.61 Å². The van der Waals surface area contributed by atoms with E-state index in [1.807, 2.05) is 34.6 Å². The Bertz CT molecular complexity index is 357. The Kier molecular flexibility index (Phi) is 5.99. The Balaban J connectivity index is 2.85. The zero-order valence-electron chi connectivity index (χ0n) is 13.4. The maximum Gasteiger partial charge on any atom is 0.246 e. The van der Waals surface area contributed by atoms with Gasteiger partial charge in [-0.1, -0.05) is 27.7 Å². The lowest BCUT2D eigenvalue weighted by Crippen LogP contribution is -2.70. The molecule has 0 saturated carbocycles. The first-order chi connectivity index (χ1) is 9.38. The predicted octanol–water partition coefficient (Wildman–Crippen LogP) is 1.56. The molecule has 0 aromatic carbocycles. The fourth-order valence-electron chi connectivity index (χ4n) is 2.45. The zero-order valence-corrected chi connectivity index (χ0v) is 13.4. The van der Waals surface area contributed by atoms with Gasteiger partial charge >= 0.3 is 0 Å². The van der Waals surface area contributed by atoms with Gasteiger partial charge in [-0.25, -0.2) is 0 Å². The van der Waals surface area contributed by atoms with Crippen LogP contribution in [0.5, 0.6) is 0 Å². The lowest BCUT2D eigenvalue weighted by atomic mass is 9.88. The second-order valence-corrected chi connectivity index (χ2v) is 5.92. The number of nitrogens with zero attached hydrogens (tertiary/aromatic N) is 1. The van der Waals surface area contributed by atoms with E-state index in [1.54, 1.807) is 4.90 Å². The Morgan fingerprint density at radius 2 is 1.95 bits per heavy atom. The molecule has 1 aliphatic rings. The molecule has 1 heterocycles. The van der Waals surface area contributed by atoms with E-state index in [0.717, 1.165) is 6.42 Å². The fourth-order valence-corrected chi connectivity index (χ4v) is 2.45. The molecule has 2 unspecified atom stereocenters. The number of carbonyl (C=O) groups excluding carboxylic acids is 2. The van der Waals surface area contributed by atoms with E-state index >= 15 is 0 Å². The molecule has 5 nitrogen and oxygen atoms in total. The molecule has 1 N–H and O–H groups in total. The maximum absolute atomic E-state index is 12.6. The van der Waals surface area contributed by atoms with Crippen molar-refractivity contribution >= 4 is 11.8 Å². The summed E-state index contributed by atoms with van der Waals surface area (Å²) in [5, 5.41) is 2.87. The molecular formula is C15H28N2O3. The monoisotopic (exact) mass is 284 g/mol. The van der Waals surface area contributed by atoms with Crippen LogP contribution in [-0.2, 0) is 14.3 Å². The third-order valence-electron chi connectivity index (χ3n) is 4.07. The lowest BCUT2D eigenvalue weighted by Gasteiger charge is -2.46. The molecule has 5 heteroatoms. The van der Waals surface area contributed by atoms with E-state index in [4.69, 9.17) is 4.74 Å². The molecular weight excluding hydrogens is 256 g/mol. The van der Waals surface area contributed by atoms with E-state index in [-0.39, 0.29) is 17.7 Å². The molecule has 116 valence electrons. The van der Waals surface area contributed by atoms with Crippen LogP contribution < -0.4 is 5.32 Å². The largest absolute Gasteiger partial charge is 0.380 e. The van der Waals surface area contributed by atoms with Gasteiger partial charge in [-0.2, -0.15) is 0 Å². The molecule has 2 amide bonds. The Morgan fingerprint density at radius 3 is 2.45 bits per heavy atom. The number of nitrogens with one attached hydrogen (secondary N) is 1. The second-order valence-electron chi connectivity index (χ2n) is 5.92. The highest BCUT2D eigenvalue weighted by atomic mass is 16.5. The molecule has 2 atom stereocenters. The average molecular weight is 284 g/mol. The SMILES string of the molecule is CCCOCCN1C(=O)C(C(C)C)NC(=O)C1(C)CC. The number of carbonyl (C=O) groups is 2. The van der Waals surface area contributed by atoms with Crippen LogP contribution in [-0.4, -0.2) is 48.1 Å². The summed E-state index contributed by atoms with van der Waals surface area (Å²) < 4.78 is 5.48. The number of hydrogen-bond acceptors (Lipinski definition) is 3. The van der Waals surface area contributed by atoms with Crippen LogP contribution in [0.15, 0.2) is 0 Å². The van der Waals surface area contributed by atoms with Crippen molar-refractivity contribution in [3.05, 3.63) is 0 Å². The summed E-state index contributed by atoms with van der Waals surface area (Å²) >= 11 is 0. The highest BCUT2D eigenvalue weighted by Gasteiger charge is 2.48. The summed E-state index contributed by atoms with van der Waals surface area (Å²) in [7, 11) is 0. The van der Waals surface area contributed by atoms with Gasteiger partial charge in [0.2, 0.25) is 11.8 Å². The molecule has 0 aromatic heterocycles. The number of ether oxygens (including phenoxy) is 1. The fraction of sp³-hybridized carbons (Fsp3) is 0.867. The highest BCUT2D eigenvalue weighted by Crippen LogP contribution is 2.26. The summed E-state index contributed by atoms with van der Waals surface area (Å²) in [5.74, 6) is 0.0322. The van der Waals surface area contributed by atoms with Crippen molar-refractivity contribution < 1.29 is 14.3 Å². The van der Waals surface area contributed by atoms with Crippen molar-refractivity contribution in [1.82, 2.24) is 10.2 Å². The van der Waals surface area contributed by atoms with Gasteiger partial charge in [-0.05, 0) is 25.7 Å². The molecule has 20 heavy (non-hydrogen) atoms. The van der Waals surface area contributed by atoms with E-state index in [0.29, 0.717) is 26.2 Å². The van der Waals surface area contributed by atoms with Gasteiger partial charge < -0.3 is 15.0 Å². The van der Waals surface area contributed by atoms with Gasteiger partial charge in [0.25, 0.3) is 0 Å². The number of piperazine rings is 1. The molecule has 0 aromatic rings.